The summed E-state index contributed by atoms with van der Waals surface area (Å²) in [6, 6.07) is 7.45. The summed E-state index contributed by atoms with van der Waals surface area (Å²) in [4.78, 5) is 25.8. The molecular formula is C18H23Cl2N5O. The van der Waals surface area contributed by atoms with Crippen LogP contribution in [0.25, 0.3) is 0 Å². The van der Waals surface area contributed by atoms with E-state index in [1.54, 1.807) is 17.2 Å². The summed E-state index contributed by atoms with van der Waals surface area (Å²) in [5.74, 6) is 0.576. The number of halogens is 2. The number of nitrogens with zero attached hydrogens (tertiary/aromatic N) is 4. The number of amides is 1. The van der Waals surface area contributed by atoms with Gasteiger partial charge in [-0.25, -0.2) is 9.97 Å². The zero-order valence-corrected chi connectivity index (χ0v) is 16.1. The Morgan fingerprint density at radius 1 is 1.04 bits per heavy atom. The van der Waals surface area contributed by atoms with Crippen molar-refractivity contribution in [1.29, 1.82) is 0 Å². The maximum atomic E-state index is 13.0. The highest BCUT2D eigenvalue weighted by Crippen LogP contribution is 2.32. The van der Waals surface area contributed by atoms with Crippen molar-refractivity contribution < 1.29 is 4.79 Å². The van der Waals surface area contributed by atoms with Crippen molar-refractivity contribution in [3.8, 4) is 0 Å². The van der Waals surface area contributed by atoms with Crippen LogP contribution >= 0.6 is 24.8 Å². The molecule has 26 heavy (non-hydrogen) atoms. The molecule has 1 fully saturated rings. The maximum Gasteiger partial charge on any atom is 0.277 e. The Labute approximate surface area is 165 Å². The first kappa shape index (κ1) is 20.3. The minimum atomic E-state index is -0.0793. The second-order valence-corrected chi connectivity index (χ2v) is 6.34. The van der Waals surface area contributed by atoms with Crippen molar-refractivity contribution in [3.63, 3.8) is 0 Å². The Hall–Kier alpha value is -2.05. The van der Waals surface area contributed by atoms with E-state index < -0.39 is 0 Å². The fraction of sp³-hybridized carbons (Fsp3) is 0.389. The lowest BCUT2D eigenvalue weighted by atomic mass is 9.99. The van der Waals surface area contributed by atoms with E-state index in [0.717, 1.165) is 55.7 Å². The number of fused-ring (bicyclic) bond motifs is 1. The van der Waals surface area contributed by atoms with E-state index in [2.05, 4.69) is 14.9 Å². The molecule has 0 atom stereocenters. The van der Waals surface area contributed by atoms with Crippen LogP contribution in [0.15, 0.2) is 30.5 Å². The van der Waals surface area contributed by atoms with Crippen LogP contribution < -0.4 is 15.5 Å². The van der Waals surface area contributed by atoms with Crippen LogP contribution in [-0.4, -0.2) is 35.5 Å². The van der Waals surface area contributed by atoms with Crippen LogP contribution in [0.2, 0.25) is 0 Å². The van der Waals surface area contributed by atoms with Crippen LogP contribution in [0.4, 0.5) is 17.3 Å². The molecule has 0 saturated carbocycles. The van der Waals surface area contributed by atoms with E-state index in [0.29, 0.717) is 18.2 Å². The molecule has 0 aliphatic carbocycles. The average Bonchev–Trinajstić information content (AvgIpc) is 3.16. The van der Waals surface area contributed by atoms with Gasteiger partial charge in [0.1, 0.15) is 5.69 Å². The van der Waals surface area contributed by atoms with E-state index in [4.69, 9.17) is 5.73 Å². The molecule has 6 nitrogen and oxygen atoms in total. The summed E-state index contributed by atoms with van der Waals surface area (Å²) in [5.41, 5.74) is 9.25. The lowest BCUT2D eigenvalue weighted by molar-refractivity contribution is 0.0980. The smallest absolute Gasteiger partial charge is 0.277 e. The molecule has 1 amide bonds. The highest BCUT2D eigenvalue weighted by Gasteiger charge is 2.26. The second-order valence-electron chi connectivity index (χ2n) is 6.34. The van der Waals surface area contributed by atoms with Gasteiger partial charge in [-0.2, -0.15) is 0 Å². The van der Waals surface area contributed by atoms with Gasteiger partial charge in [-0.15, -0.1) is 24.8 Å². The molecule has 140 valence electrons. The van der Waals surface area contributed by atoms with Crippen molar-refractivity contribution in [1.82, 2.24) is 9.97 Å². The number of benzene rings is 1. The number of rotatable bonds is 2. The molecule has 8 heteroatoms. The monoisotopic (exact) mass is 395 g/mol. The fourth-order valence-corrected chi connectivity index (χ4v) is 3.54. The lowest BCUT2D eigenvalue weighted by Crippen LogP contribution is -2.36. The largest absolute Gasteiger partial charge is 0.398 e. The molecule has 0 spiro atoms. The van der Waals surface area contributed by atoms with Crippen molar-refractivity contribution in [2.45, 2.75) is 25.7 Å². The van der Waals surface area contributed by atoms with Gasteiger partial charge < -0.3 is 15.5 Å². The first-order valence-electron chi connectivity index (χ1n) is 8.51. The van der Waals surface area contributed by atoms with Crippen molar-refractivity contribution >= 4 is 48.0 Å². The average molecular weight is 396 g/mol. The number of carbonyl (C=O) groups is 1. The molecule has 2 aliphatic rings. The van der Waals surface area contributed by atoms with Crippen molar-refractivity contribution in [2.75, 3.05) is 35.2 Å². The van der Waals surface area contributed by atoms with E-state index in [-0.39, 0.29) is 30.7 Å². The quantitative estimate of drug-likeness (QED) is 0.790. The summed E-state index contributed by atoms with van der Waals surface area (Å²) in [5, 5.41) is 0. The fourth-order valence-electron chi connectivity index (χ4n) is 3.54. The molecule has 2 N–H and O–H groups in total. The van der Waals surface area contributed by atoms with Gasteiger partial charge in [-0.3, -0.25) is 4.79 Å². The molecule has 0 bridgehead atoms. The van der Waals surface area contributed by atoms with Gasteiger partial charge in [0.2, 0.25) is 5.95 Å². The number of anilines is 3. The third kappa shape index (κ3) is 3.71. The third-order valence-corrected chi connectivity index (χ3v) is 4.78. The van der Waals surface area contributed by atoms with Gasteiger partial charge >= 0.3 is 0 Å². The van der Waals surface area contributed by atoms with Crippen LogP contribution in [0.1, 0.15) is 35.3 Å². The maximum absolute atomic E-state index is 13.0. The van der Waals surface area contributed by atoms with Crippen molar-refractivity contribution in [3.05, 3.63) is 41.7 Å². The molecule has 0 radical (unpaired) electrons. The molecule has 0 unspecified atom stereocenters. The van der Waals surface area contributed by atoms with Gasteiger partial charge in [0.25, 0.3) is 5.91 Å². The van der Waals surface area contributed by atoms with E-state index in [1.165, 1.54) is 0 Å². The SMILES string of the molecule is Cl.Cl.Nc1cccc2c1CCCN2C(=O)c1ccnc(N2CCCC2)n1. The van der Waals surface area contributed by atoms with Gasteiger partial charge in [-0.05, 0) is 49.4 Å². The molecule has 4 rings (SSSR count). The summed E-state index contributed by atoms with van der Waals surface area (Å²) < 4.78 is 0. The summed E-state index contributed by atoms with van der Waals surface area (Å²) in [7, 11) is 0. The minimum absolute atomic E-state index is 0. The molecule has 2 aromatic rings. The molecule has 2 aliphatic heterocycles. The lowest BCUT2D eigenvalue weighted by Gasteiger charge is -2.30. The number of hydrogen-bond acceptors (Lipinski definition) is 5. The standard InChI is InChI=1S/C18H21N5O.2ClH/c19-14-6-3-7-16-13(14)5-4-12-23(16)17(24)15-8-9-20-18(21-15)22-10-1-2-11-22;;/h3,6-9H,1-2,4-5,10-12,19H2;2*1H. The van der Waals surface area contributed by atoms with Crippen molar-refractivity contribution in [2.24, 2.45) is 0 Å². The summed E-state index contributed by atoms with van der Waals surface area (Å²) in [6.07, 6.45) is 5.81. The molecule has 3 heterocycles. The van der Waals surface area contributed by atoms with E-state index >= 15 is 0 Å². The molecule has 1 saturated heterocycles. The van der Waals surface area contributed by atoms with E-state index in [9.17, 15) is 4.79 Å². The predicted molar refractivity (Wildman–Crippen MR) is 109 cm³/mol. The minimum Gasteiger partial charge on any atom is -0.398 e. The molecular weight excluding hydrogens is 373 g/mol. The molecule has 1 aromatic heterocycles. The number of nitrogens with two attached hydrogens (primary N) is 1. The Morgan fingerprint density at radius 3 is 2.58 bits per heavy atom. The Bertz CT molecular complexity index is 780. The number of aromatic nitrogens is 2. The van der Waals surface area contributed by atoms with Gasteiger partial charge in [0, 0.05) is 37.2 Å². The second kappa shape index (κ2) is 8.56. The zero-order valence-electron chi connectivity index (χ0n) is 14.4. The first-order valence-corrected chi connectivity index (χ1v) is 8.51. The van der Waals surface area contributed by atoms with Gasteiger partial charge in [0.15, 0.2) is 0 Å². The van der Waals surface area contributed by atoms with Crippen LogP contribution in [0.3, 0.4) is 0 Å². The highest BCUT2D eigenvalue weighted by molar-refractivity contribution is 6.06. The van der Waals surface area contributed by atoms with Crippen LogP contribution in [0, 0.1) is 0 Å². The Kier molecular flexibility index (Phi) is 6.67. The third-order valence-electron chi connectivity index (χ3n) is 4.78. The molecule has 1 aromatic carbocycles. The normalized spacial score (nSPS) is 15.7. The Morgan fingerprint density at radius 2 is 1.81 bits per heavy atom. The zero-order chi connectivity index (χ0) is 16.5. The van der Waals surface area contributed by atoms with Crippen LogP contribution in [0.5, 0.6) is 0 Å². The summed E-state index contributed by atoms with van der Waals surface area (Å²) >= 11 is 0. The number of carbonyl (C=O) groups excluding carboxylic acids is 1. The first-order chi connectivity index (χ1) is 11.7. The van der Waals surface area contributed by atoms with E-state index in [1.807, 2.05) is 18.2 Å². The number of nitrogen functional groups attached to an aromatic ring is 1. The van der Waals surface area contributed by atoms with Gasteiger partial charge in [0.05, 0.1) is 0 Å². The van der Waals surface area contributed by atoms with Crippen LogP contribution in [-0.2, 0) is 6.42 Å². The topological polar surface area (TPSA) is 75.3 Å². The Balaban J connectivity index is 0.00000121. The number of hydrogen-bond donors (Lipinski definition) is 1. The van der Waals surface area contributed by atoms with Gasteiger partial charge in [-0.1, -0.05) is 6.07 Å². The highest BCUT2D eigenvalue weighted by atomic mass is 35.5. The summed E-state index contributed by atoms with van der Waals surface area (Å²) in [6.45, 7) is 2.61. The predicted octanol–water partition coefficient (Wildman–Crippen LogP) is 3.10.